The Hall–Kier alpha value is -1.95. The van der Waals surface area contributed by atoms with Crippen molar-refractivity contribution in [2.24, 2.45) is 12.5 Å². The smallest absolute Gasteiger partial charge is 0.255 e. The molecule has 4 rings (SSSR count). The van der Waals surface area contributed by atoms with Gasteiger partial charge in [-0.25, -0.2) is 4.98 Å². The minimum atomic E-state index is -0.114. The molecule has 2 aliphatic rings. The predicted octanol–water partition coefficient (Wildman–Crippen LogP) is 1.27. The van der Waals surface area contributed by atoms with Crippen LogP contribution in [0.15, 0.2) is 18.7 Å². The first-order valence-electron chi connectivity index (χ1n) is 7.32. The molecular weight excluding hydrogens is 268 g/mol. The van der Waals surface area contributed by atoms with Crippen molar-refractivity contribution in [3.05, 3.63) is 24.3 Å². The molecule has 21 heavy (non-hydrogen) atoms. The summed E-state index contributed by atoms with van der Waals surface area (Å²) in [6.45, 7) is 1.42. The van der Waals surface area contributed by atoms with Gasteiger partial charge in [0.15, 0.2) is 0 Å². The normalized spacial score (nSPS) is 22.8. The molecule has 110 valence electrons. The number of fused-ring (bicyclic) bond motifs is 1. The number of hydrogen-bond donors (Lipinski definition) is 1. The number of aromatic nitrogens is 3. The van der Waals surface area contributed by atoms with Gasteiger partial charge in [-0.1, -0.05) is 0 Å². The van der Waals surface area contributed by atoms with Gasteiger partial charge < -0.3 is 14.6 Å². The third kappa shape index (κ3) is 2.19. The maximum Gasteiger partial charge on any atom is 0.255 e. The van der Waals surface area contributed by atoms with E-state index in [2.05, 4.69) is 15.3 Å². The molecule has 1 aliphatic carbocycles. The number of imidazole rings is 1. The lowest BCUT2D eigenvalue weighted by molar-refractivity contribution is 0.0846. The lowest BCUT2D eigenvalue weighted by Gasteiger charge is -2.11. The van der Waals surface area contributed by atoms with Crippen LogP contribution in [0, 0.1) is 5.41 Å². The van der Waals surface area contributed by atoms with Crippen LogP contribution in [0.2, 0.25) is 0 Å². The van der Waals surface area contributed by atoms with Crippen molar-refractivity contribution in [1.82, 2.24) is 19.9 Å². The SMILES string of the molecule is Cn1cnc2cncc(C(=O)NCC3CC4(CC4)CO3)c21. The lowest BCUT2D eigenvalue weighted by Crippen LogP contribution is -2.32. The molecular formula is C15H18N4O2. The van der Waals surface area contributed by atoms with Crippen molar-refractivity contribution in [2.45, 2.75) is 25.4 Å². The molecule has 6 nitrogen and oxygen atoms in total. The average molecular weight is 286 g/mol. The Morgan fingerprint density at radius 3 is 3.14 bits per heavy atom. The molecule has 2 aromatic heterocycles. The quantitative estimate of drug-likeness (QED) is 0.922. The Kier molecular flexibility index (Phi) is 2.75. The van der Waals surface area contributed by atoms with E-state index >= 15 is 0 Å². The number of nitrogens with zero attached hydrogens (tertiary/aromatic N) is 3. The van der Waals surface area contributed by atoms with Gasteiger partial charge in [-0.15, -0.1) is 0 Å². The van der Waals surface area contributed by atoms with Crippen molar-refractivity contribution in [1.29, 1.82) is 0 Å². The fourth-order valence-corrected chi connectivity index (χ4v) is 3.13. The van der Waals surface area contributed by atoms with Crippen LogP contribution in [0.4, 0.5) is 0 Å². The van der Waals surface area contributed by atoms with E-state index in [4.69, 9.17) is 4.74 Å². The molecule has 1 saturated carbocycles. The summed E-state index contributed by atoms with van der Waals surface area (Å²) >= 11 is 0. The summed E-state index contributed by atoms with van der Waals surface area (Å²) < 4.78 is 7.61. The second kappa shape index (κ2) is 4.53. The molecule has 6 heteroatoms. The van der Waals surface area contributed by atoms with E-state index in [1.165, 1.54) is 12.8 Å². The van der Waals surface area contributed by atoms with Crippen LogP contribution in [0.5, 0.6) is 0 Å². The summed E-state index contributed by atoms with van der Waals surface area (Å²) in [5, 5.41) is 2.97. The minimum Gasteiger partial charge on any atom is -0.376 e. The Morgan fingerprint density at radius 2 is 2.38 bits per heavy atom. The second-order valence-electron chi connectivity index (χ2n) is 6.26. The molecule has 0 aromatic carbocycles. The Balaban J connectivity index is 1.47. The molecule has 0 radical (unpaired) electrons. The standard InChI is InChI=1S/C15H18N4O2/c1-19-9-18-12-7-16-6-11(13(12)19)14(20)17-5-10-4-15(2-3-15)8-21-10/h6-7,9-10H,2-5,8H2,1H3,(H,17,20). The molecule has 1 amide bonds. The number of carbonyl (C=O) groups excluding carboxylic acids is 1. The van der Waals surface area contributed by atoms with Gasteiger partial charge in [0, 0.05) is 19.8 Å². The van der Waals surface area contributed by atoms with Crippen LogP contribution in [0.3, 0.4) is 0 Å². The van der Waals surface area contributed by atoms with Crippen molar-refractivity contribution >= 4 is 16.9 Å². The van der Waals surface area contributed by atoms with Crippen molar-refractivity contribution in [3.63, 3.8) is 0 Å². The fourth-order valence-electron chi connectivity index (χ4n) is 3.13. The van der Waals surface area contributed by atoms with E-state index in [0.717, 1.165) is 24.1 Å². The Labute approximate surface area is 122 Å². The first-order valence-corrected chi connectivity index (χ1v) is 7.32. The van der Waals surface area contributed by atoms with E-state index in [9.17, 15) is 4.79 Å². The second-order valence-corrected chi connectivity index (χ2v) is 6.26. The van der Waals surface area contributed by atoms with E-state index in [-0.39, 0.29) is 12.0 Å². The van der Waals surface area contributed by atoms with E-state index < -0.39 is 0 Å². The topological polar surface area (TPSA) is 69.0 Å². The molecule has 2 fully saturated rings. The van der Waals surface area contributed by atoms with Gasteiger partial charge in [0.1, 0.15) is 5.52 Å². The van der Waals surface area contributed by atoms with Gasteiger partial charge >= 0.3 is 0 Å². The van der Waals surface area contributed by atoms with Crippen molar-refractivity contribution < 1.29 is 9.53 Å². The van der Waals surface area contributed by atoms with E-state index in [1.54, 1.807) is 18.7 Å². The van der Waals surface area contributed by atoms with Gasteiger partial charge in [-0.2, -0.15) is 0 Å². The first kappa shape index (κ1) is 12.8. The molecule has 3 heterocycles. The third-order valence-electron chi connectivity index (χ3n) is 4.60. The summed E-state index contributed by atoms with van der Waals surface area (Å²) in [7, 11) is 1.88. The molecule has 1 unspecified atom stereocenters. The summed E-state index contributed by atoms with van der Waals surface area (Å²) in [5.41, 5.74) is 2.55. The molecule has 1 spiro atoms. The molecule has 1 aliphatic heterocycles. The van der Waals surface area contributed by atoms with Crippen LogP contribution in [0.1, 0.15) is 29.6 Å². The number of hydrogen-bond acceptors (Lipinski definition) is 4. The fraction of sp³-hybridized carbons (Fsp3) is 0.533. The van der Waals surface area contributed by atoms with Crippen LogP contribution < -0.4 is 5.32 Å². The Bertz CT molecular complexity index is 705. The van der Waals surface area contributed by atoms with Gasteiger partial charge in [0.25, 0.3) is 5.91 Å². The maximum atomic E-state index is 12.4. The monoisotopic (exact) mass is 286 g/mol. The highest BCUT2D eigenvalue weighted by molar-refractivity contribution is 6.04. The van der Waals surface area contributed by atoms with Crippen molar-refractivity contribution in [2.75, 3.05) is 13.2 Å². The zero-order valence-corrected chi connectivity index (χ0v) is 12.0. The number of carbonyl (C=O) groups is 1. The van der Waals surface area contributed by atoms with Crippen LogP contribution in [-0.2, 0) is 11.8 Å². The summed E-state index contributed by atoms with van der Waals surface area (Å²) in [6, 6.07) is 0. The molecule has 2 aromatic rings. The summed E-state index contributed by atoms with van der Waals surface area (Å²) in [5.74, 6) is -0.114. The molecule has 1 N–H and O–H groups in total. The lowest BCUT2D eigenvalue weighted by atomic mass is 10.0. The van der Waals surface area contributed by atoms with Gasteiger partial charge in [0.05, 0.1) is 36.3 Å². The maximum absolute atomic E-state index is 12.4. The van der Waals surface area contributed by atoms with E-state index in [1.807, 2.05) is 11.6 Å². The summed E-state index contributed by atoms with van der Waals surface area (Å²) in [6.07, 6.45) is 8.72. The van der Waals surface area contributed by atoms with Crippen molar-refractivity contribution in [3.8, 4) is 0 Å². The highest BCUT2D eigenvalue weighted by Crippen LogP contribution is 2.53. The molecule has 1 atom stereocenters. The number of ether oxygens (including phenoxy) is 1. The zero-order valence-electron chi connectivity index (χ0n) is 12.0. The minimum absolute atomic E-state index is 0.114. The Morgan fingerprint density at radius 1 is 1.52 bits per heavy atom. The number of pyridine rings is 1. The molecule has 1 saturated heterocycles. The largest absolute Gasteiger partial charge is 0.376 e. The zero-order chi connectivity index (χ0) is 14.4. The number of rotatable bonds is 3. The highest BCUT2D eigenvalue weighted by atomic mass is 16.5. The van der Waals surface area contributed by atoms with Crippen LogP contribution in [0.25, 0.3) is 11.0 Å². The summed E-state index contributed by atoms with van der Waals surface area (Å²) in [4.78, 5) is 20.7. The van der Waals surface area contributed by atoms with Gasteiger partial charge in [-0.3, -0.25) is 9.78 Å². The average Bonchev–Trinajstić information content (AvgIpc) is 2.95. The van der Waals surface area contributed by atoms with Gasteiger partial charge in [-0.05, 0) is 24.7 Å². The third-order valence-corrected chi connectivity index (χ3v) is 4.60. The number of nitrogens with one attached hydrogen (secondary N) is 1. The van der Waals surface area contributed by atoms with Crippen LogP contribution in [-0.4, -0.2) is 39.7 Å². The van der Waals surface area contributed by atoms with Gasteiger partial charge in [0.2, 0.25) is 0 Å². The predicted molar refractivity (Wildman–Crippen MR) is 76.9 cm³/mol. The van der Waals surface area contributed by atoms with Crippen LogP contribution >= 0.6 is 0 Å². The number of aryl methyl sites for hydroxylation is 1. The van der Waals surface area contributed by atoms with E-state index in [0.29, 0.717) is 17.5 Å². The first-order chi connectivity index (χ1) is 10.2. The number of amides is 1. The molecule has 0 bridgehead atoms. The highest BCUT2D eigenvalue weighted by Gasteiger charge is 2.49.